The van der Waals surface area contributed by atoms with Crippen LogP contribution < -0.4 is 0 Å². The summed E-state index contributed by atoms with van der Waals surface area (Å²) in [5.41, 5.74) is 0.931. The molecule has 17 heavy (non-hydrogen) atoms. The van der Waals surface area contributed by atoms with E-state index in [1.165, 1.54) is 31.4 Å². The van der Waals surface area contributed by atoms with Crippen molar-refractivity contribution in [2.45, 2.75) is 32.1 Å². The lowest BCUT2D eigenvalue weighted by Gasteiger charge is -2.24. The van der Waals surface area contributed by atoms with Crippen LogP contribution in [0, 0.1) is 16.0 Å². The summed E-state index contributed by atoms with van der Waals surface area (Å²) in [6.07, 6.45) is 4.65. The molecule has 0 spiro atoms. The zero-order valence-electron chi connectivity index (χ0n) is 9.59. The van der Waals surface area contributed by atoms with Crippen molar-refractivity contribution in [2.75, 3.05) is 0 Å². The lowest BCUT2D eigenvalue weighted by molar-refractivity contribution is -0.384. The van der Waals surface area contributed by atoms with Gasteiger partial charge < -0.3 is 0 Å². The second kappa shape index (κ2) is 5.08. The molecule has 0 amide bonds. The molecular formula is C13H15NO3. The minimum absolute atomic E-state index is 0.0696. The maximum atomic E-state index is 11.7. The SMILES string of the molecule is O=C(Cc1ccc([N+](=O)[O-])cc1)CC1CCC1. The van der Waals surface area contributed by atoms with Crippen LogP contribution in [0.15, 0.2) is 24.3 Å². The van der Waals surface area contributed by atoms with Crippen molar-refractivity contribution in [1.82, 2.24) is 0 Å². The van der Waals surface area contributed by atoms with Crippen LogP contribution in [0.25, 0.3) is 0 Å². The van der Waals surface area contributed by atoms with E-state index in [1.807, 2.05) is 0 Å². The lowest BCUT2D eigenvalue weighted by Crippen LogP contribution is -2.17. The lowest BCUT2D eigenvalue weighted by atomic mass is 9.81. The fraction of sp³-hybridized carbons (Fsp3) is 0.462. The van der Waals surface area contributed by atoms with Gasteiger partial charge in [-0.05, 0) is 11.5 Å². The second-order valence-corrected chi connectivity index (χ2v) is 4.64. The van der Waals surface area contributed by atoms with Crippen LogP contribution in [-0.2, 0) is 11.2 Å². The van der Waals surface area contributed by atoms with E-state index in [0.717, 1.165) is 5.56 Å². The number of nitro benzene ring substituents is 1. The van der Waals surface area contributed by atoms with Crippen molar-refractivity contribution < 1.29 is 9.72 Å². The molecule has 4 heteroatoms. The second-order valence-electron chi connectivity index (χ2n) is 4.64. The van der Waals surface area contributed by atoms with Crippen LogP contribution in [0.4, 0.5) is 5.69 Å². The zero-order chi connectivity index (χ0) is 12.3. The van der Waals surface area contributed by atoms with Crippen LogP contribution in [0.3, 0.4) is 0 Å². The number of carbonyl (C=O) groups is 1. The summed E-state index contributed by atoms with van der Waals surface area (Å²) in [6.45, 7) is 0. The monoisotopic (exact) mass is 233 g/mol. The zero-order valence-corrected chi connectivity index (χ0v) is 9.59. The average Bonchev–Trinajstić information content (AvgIpc) is 2.24. The van der Waals surface area contributed by atoms with Gasteiger partial charge >= 0.3 is 0 Å². The van der Waals surface area contributed by atoms with Gasteiger partial charge in [0.1, 0.15) is 5.78 Å². The normalized spacial score (nSPS) is 15.3. The molecule has 0 aliphatic heterocycles. The topological polar surface area (TPSA) is 60.2 Å². The summed E-state index contributed by atoms with van der Waals surface area (Å²) in [7, 11) is 0. The molecule has 0 aromatic heterocycles. The van der Waals surface area contributed by atoms with Gasteiger partial charge in [0.25, 0.3) is 5.69 Å². The van der Waals surface area contributed by atoms with Crippen molar-refractivity contribution in [3.63, 3.8) is 0 Å². The summed E-state index contributed by atoms with van der Waals surface area (Å²) in [5.74, 6) is 0.823. The number of Topliss-reactive ketones (excluding diaryl/α,β-unsaturated/α-hetero) is 1. The first-order chi connectivity index (χ1) is 8.15. The maximum absolute atomic E-state index is 11.7. The Kier molecular flexibility index (Phi) is 3.52. The van der Waals surface area contributed by atoms with Gasteiger partial charge in [-0.3, -0.25) is 14.9 Å². The predicted octanol–water partition coefficient (Wildman–Crippen LogP) is 2.90. The quantitative estimate of drug-likeness (QED) is 0.580. The van der Waals surface area contributed by atoms with Gasteiger partial charge in [-0.1, -0.05) is 31.4 Å². The smallest absolute Gasteiger partial charge is 0.269 e. The fourth-order valence-electron chi connectivity index (χ4n) is 2.05. The van der Waals surface area contributed by atoms with Gasteiger partial charge in [0.15, 0.2) is 0 Å². The largest absolute Gasteiger partial charge is 0.299 e. The van der Waals surface area contributed by atoms with E-state index in [0.29, 0.717) is 18.8 Å². The number of nitro groups is 1. The summed E-state index contributed by atoms with van der Waals surface area (Å²) < 4.78 is 0. The first-order valence-corrected chi connectivity index (χ1v) is 5.90. The van der Waals surface area contributed by atoms with Crippen LogP contribution in [0.5, 0.6) is 0 Å². The molecule has 4 nitrogen and oxygen atoms in total. The standard InChI is InChI=1S/C13H15NO3/c15-13(8-10-2-1-3-10)9-11-4-6-12(7-5-11)14(16)17/h4-7,10H,1-3,8-9H2. The first kappa shape index (κ1) is 11.8. The summed E-state index contributed by atoms with van der Waals surface area (Å²) in [6, 6.07) is 6.23. The predicted molar refractivity (Wildman–Crippen MR) is 63.8 cm³/mol. The Hall–Kier alpha value is -1.71. The minimum atomic E-state index is -0.431. The van der Waals surface area contributed by atoms with Gasteiger partial charge in [0, 0.05) is 25.0 Å². The van der Waals surface area contributed by atoms with Gasteiger partial charge in [-0.15, -0.1) is 0 Å². The van der Waals surface area contributed by atoms with E-state index in [2.05, 4.69) is 0 Å². The molecule has 1 aromatic carbocycles. The maximum Gasteiger partial charge on any atom is 0.269 e. The van der Waals surface area contributed by atoms with Crippen molar-refractivity contribution in [3.05, 3.63) is 39.9 Å². The van der Waals surface area contributed by atoms with Gasteiger partial charge in [-0.25, -0.2) is 0 Å². The summed E-state index contributed by atoms with van der Waals surface area (Å²) in [4.78, 5) is 21.7. The van der Waals surface area contributed by atoms with Crippen molar-refractivity contribution in [2.24, 2.45) is 5.92 Å². The molecule has 2 rings (SSSR count). The van der Waals surface area contributed by atoms with Crippen molar-refractivity contribution >= 4 is 11.5 Å². The molecule has 0 heterocycles. The highest BCUT2D eigenvalue weighted by Crippen LogP contribution is 2.29. The van der Waals surface area contributed by atoms with Crippen LogP contribution >= 0.6 is 0 Å². The minimum Gasteiger partial charge on any atom is -0.299 e. The molecule has 1 aromatic rings. The summed E-state index contributed by atoms with van der Waals surface area (Å²) >= 11 is 0. The molecule has 1 fully saturated rings. The highest BCUT2D eigenvalue weighted by molar-refractivity contribution is 5.81. The molecule has 0 atom stereocenters. The van der Waals surface area contributed by atoms with E-state index >= 15 is 0 Å². The van der Waals surface area contributed by atoms with E-state index in [4.69, 9.17) is 0 Å². The molecule has 1 saturated carbocycles. The molecule has 1 aliphatic rings. The molecule has 1 aliphatic carbocycles. The Morgan fingerprint density at radius 3 is 2.41 bits per heavy atom. The number of nitrogens with zero attached hydrogens (tertiary/aromatic N) is 1. The molecule has 0 radical (unpaired) electrons. The van der Waals surface area contributed by atoms with Gasteiger partial charge in [0.2, 0.25) is 0 Å². The third-order valence-corrected chi connectivity index (χ3v) is 3.29. The average molecular weight is 233 g/mol. The Morgan fingerprint density at radius 2 is 1.94 bits per heavy atom. The highest BCUT2D eigenvalue weighted by Gasteiger charge is 2.20. The highest BCUT2D eigenvalue weighted by atomic mass is 16.6. The molecule has 0 saturated heterocycles. The Labute approximate surface area is 99.8 Å². The molecular weight excluding hydrogens is 218 g/mol. The van der Waals surface area contributed by atoms with E-state index in [1.54, 1.807) is 12.1 Å². The number of non-ortho nitro benzene ring substituents is 1. The van der Waals surface area contributed by atoms with Crippen LogP contribution in [0.2, 0.25) is 0 Å². The Morgan fingerprint density at radius 1 is 1.29 bits per heavy atom. The van der Waals surface area contributed by atoms with Gasteiger partial charge in [0.05, 0.1) is 4.92 Å². The first-order valence-electron chi connectivity index (χ1n) is 5.90. The third-order valence-electron chi connectivity index (χ3n) is 3.29. The van der Waals surface area contributed by atoms with Gasteiger partial charge in [-0.2, -0.15) is 0 Å². The van der Waals surface area contributed by atoms with E-state index in [-0.39, 0.29) is 11.5 Å². The molecule has 0 N–H and O–H groups in total. The molecule has 90 valence electrons. The van der Waals surface area contributed by atoms with Crippen LogP contribution in [0.1, 0.15) is 31.2 Å². The Bertz CT molecular complexity index is 421. The number of carbonyl (C=O) groups excluding carboxylic acids is 1. The van der Waals surface area contributed by atoms with Crippen molar-refractivity contribution in [3.8, 4) is 0 Å². The van der Waals surface area contributed by atoms with Crippen molar-refractivity contribution in [1.29, 1.82) is 0 Å². The fourth-order valence-corrected chi connectivity index (χ4v) is 2.05. The number of ketones is 1. The van der Waals surface area contributed by atoms with E-state index < -0.39 is 4.92 Å². The van der Waals surface area contributed by atoms with Crippen LogP contribution in [-0.4, -0.2) is 10.7 Å². The molecule has 0 bridgehead atoms. The Balaban J connectivity index is 1.89. The number of hydrogen-bond donors (Lipinski definition) is 0. The number of hydrogen-bond acceptors (Lipinski definition) is 3. The number of rotatable bonds is 5. The summed E-state index contributed by atoms with van der Waals surface area (Å²) in [5, 5.41) is 10.5. The van der Waals surface area contributed by atoms with E-state index in [9.17, 15) is 14.9 Å². The third kappa shape index (κ3) is 3.12. The molecule has 0 unspecified atom stereocenters. The number of benzene rings is 1.